The number of hydrogen-bond donors (Lipinski definition) is 2. The van der Waals surface area contributed by atoms with Crippen molar-refractivity contribution in [2.24, 2.45) is 0 Å². The van der Waals surface area contributed by atoms with Crippen LogP contribution in [-0.2, 0) is 44.0 Å². The summed E-state index contributed by atoms with van der Waals surface area (Å²) >= 11 is 0. The maximum Gasteiger partial charge on any atom is 0.394 e. The molecule has 0 saturated carbocycles. The van der Waals surface area contributed by atoms with Gasteiger partial charge in [-0.15, -0.1) is 12.4 Å². The standard InChI is InChI=1S/ClH.2Co.H2O4S/c;;;1-5(2,3)4/h1H;;;(H2,1,2,3,4). The van der Waals surface area contributed by atoms with Crippen LogP contribution in [0, 0.1) is 0 Å². The summed E-state index contributed by atoms with van der Waals surface area (Å²) in [6.45, 7) is 0. The van der Waals surface area contributed by atoms with Gasteiger partial charge in [-0.05, 0) is 0 Å². The van der Waals surface area contributed by atoms with Gasteiger partial charge in [0.15, 0.2) is 0 Å². The molecule has 58 valence electrons. The van der Waals surface area contributed by atoms with Crippen LogP contribution in [0.4, 0.5) is 0 Å². The van der Waals surface area contributed by atoms with Crippen molar-refractivity contribution in [3.8, 4) is 0 Å². The zero-order valence-electron chi connectivity index (χ0n) is 3.19. The third-order valence-corrected chi connectivity index (χ3v) is 0. The third-order valence-electron chi connectivity index (χ3n) is 0. The number of halogens is 1. The van der Waals surface area contributed by atoms with Gasteiger partial charge in [0.25, 0.3) is 0 Å². The fourth-order valence-corrected chi connectivity index (χ4v) is 0. The van der Waals surface area contributed by atoms with E-state index in [0.29, 0.717) is 0 Å². The summed E-state index contributed by atoms with van der Waals surface area (Å²) in [6.07, 6.45) is 0. The van der Waals surface area contributed by atoms with Gasteiger partial charge in [0.1, 0.15) is 0 Å². The van der Waals surface area contributed by atoms with Crippen LogP contribution in [0.2, 0.25) is 0 Å². The summed E-state index contributed by atoms with van der Waals surface area (Å²) in [4.78, 5) is 0. The molecule has 0 aliphatic heterocycles. The van der Waals surface area contributed by atoms with Crippen molar-refractivity contribution in [3.63, 3.8) is 0 Å². The van der Waals surface area contributed by atoms with Crippen molar-refractivity contribution in [1.82, 2.24) is 0 Å². The van der Waals surface area contributed by atoms with Gasteiger partial charge in [-0.25, -0.2) is 0 Å². The van der Waals surface area contributed by atoms with E-state index < -0.39 is 10.4 Å². The Morgan fingerprint density at radius 2 is 1.00 bits per heavy atom. The molecule has 2 radical (unpaired) electrons. The van der Waals surface area contributed by atoms with E-state index in [1.54, 1.807) is 0 Å². The van der Waals surface area contributed by atoms with E-state index in [9.17, 15) is 0 Å². The third kappa shape index (κ3) is 199. The summed E-state index contributed by atoms with van der Waals surface area (Å²) in [7, 11) is -4.67. The van der Waals surface area contributed by atoms with Gasteiger partial charge >= 0.3 is 10.4 Å². The number of hydrogen-bond acceptors (Lipinski definition) is 2. The van der Waals surface area contributed by atoms with Crippen molar-refractivity contribution < 1.29 is 51.1 Å². The molecule has 8 heavy (non-hydrogen) atoms. The first-order valence-corrected chi connectivity index (χ1v) is 2.10. The van der Waals surface area contributed by atoms with Crippen molar-refractivity contribution in [2.45, 2.75) is 0 Å². The van der Waals surface area contributed by atoms with E-state index in [0.717, 1.165) is 0 Å². The summed E-state index contributed by atoms with van der Waals surface area (Å²) < 4.78 is 31.6. The summed E-state index contributed by atoms with van der Waals surface area (Å²) in [5, 5.41) is 0. The van der Waals surface area contributed by atoms with Crippen LogP contribution in [0.15, 0.2) is 0 Å². The van der Waals surface area contributed by atoms with Crippen molar-refractivity contribution in [1.29, 1.82) is 0 Å². The Kier molecular flexibility index (Phi) is 23.4. The minimum atomic E-state index is -4.67. The van der Waals surface area contributed by atoms with Crippen molar-refractivity contribution >= 4 is 22.8 Å². The normalized spacial score (nSPS) is 7.25. The van der Waals surface area contributed by atoms with E-state index in [1.165, 1.54) is 0 Å². The SMILES string of the molecule is Cl.O=S(=O)(O)O.[Co].[Co]. The molecule has 2 N–H and O–H groups in total. The predicted molar refractivity (Wildman–Crippen MR) is 21.4 cm³/mol. The molecule has 0 aliphatic rings. The zero-order valence-corrected chi connectivity index (χ0v) is 6.91. The first kappa shape index (κ1) is 22.9. The largest absolute Gasteiger partial charge is 0.394 e. The van der Waals surface area contributed by atoms with Crippen LogP contribution >= 0.6 is 12.4 Å². The zero-order chi connectivity index (χ0) is 4.50. The minimum Gasteiger partial charge on any atom is -0.264 e. The molecule has 4 nitrogen and oxygen atoms in total. The first-order chi connectivity index (χ1) is 2.00. The van der Waals surface area contributed by atoms with Crippen LogP contribution in [0.3, 0.4) is 0 Å². The number of rotatable bonds is 0. The summed E-state index contributed by atoms with van der Waals surface area (Å²) in [5.74, 6) is 0. The fourth-order valence-electron chi connectivity index (χ4n) is 0. The van der Waals surface area contributed by atoms with Crippen LogP contribution in [0.25, 0.3) is 0 Å². The van der Waals surface area contributed by atoms with Gasteiger partial charge in [0, 0.05) is 33.6 Å². The molecule has 0 heterocycles. The molecular weight excluding hydrogens is 249 g/mol. The van der Waals surface area contributed by atoms with Gasteiger partial charge in [-0.1, -0.05) is 0 Å². The van der Waals surface area contributed by atoms with Crippen LogP contribution < -0.4 is 0 Å². The molecule has 0 aromatic carbocycles. The van der Waals surface area contributed by atoms with Gasteiger partial charge < -0.3 is 0 Å². The second-order valence-electron chi connectivity index (χ2n) is 0.448. The van der Waals surface area contributed by atoms with Crippen LogP contribution in [-0.4, -0.2) is 17.5 Å². The topological polar surface area (TPSA) is 74.6 Å². The predicted octanol–water partition coefficient (Wildman–Crippen LogP) is -0.236. The molecular formula is H3ClCo2O4S. The Bertz CT molecular complexity index is 97.2. The molecule has 0 aromatic heterocycles. The van der Waals surface area contributed by atoms with Crippen molar-refractivity contribution in [3.05, 3.63) is 0 Å². The van der Waals surface area contributed by atoms with Gasteiger partial charge in [0.2, 0.25) is 0 Å². The van der Waals surface area contributed by atoms with Crippen LogP contribution in [0.1, 0.15) is 0 Å². The second kappa shape index (κ2) is 8.17. The van der Waals surface area contributed by atoms with E-state index in [1.807, 2.05) is 0 Å². The molecule has 0 aromatic rings. The molecule has 0 aliphatic carbocycles. The Labute approximate surface area is 73.8 Å². The Balaban J connectivity index is -0.0000000267. The average molecular weight is 252 g/mol. The smallest absolute Gasteiger partial charge is 0.264 e. The monoisotopic (exact) mass is 252 g/mol. The second-order valence-corrected chi connectivity index (χ2v) is 1.34. The molecule has 0 rings (SSSR count). The average Bonchev–Trinajstić information content (AvgIpc) is 0.722. The summed E-state index contributed by atoms with van der Waals surface area (Å²) in [6, 6.07) is 0. The molecule has 0 amide bonds. The molecule has 8 heteroatoms. The van der Waals surface area contributed by atoms with Gasteiger partial charge in [-0.2, -0.15) is 8.42 Å². The fraction of sp³-hybridized carbons (Fsp3) is 0. The maximum absolute atomic E-state index is 8.74. The Morgan fingerprint density at radius 1 is 1.00 bits per heavy atom. The van der Waals surface area contributed by atoms with E-state index in [2.05, 4.69) is 0 Å². The van der Waals surface area contributed by atoms with E-state index in [-0.39, 0.29) is 46.0 Å². The van der Waals surface area contributed by atoms with Gasteiger partial charge in [-0.3, -0.25) is 9.11 Å². The van der Waals surface area contributed by atoms with Gasteiger partial charge in [0.05, 0.1) is 0 Å². The molecule has 0 fully saturated rings. The van der Waals surface area contributed by atoms with Crippen LogP contribution in [0.5, 0.6) is 0 Å². The first-order valence-electron chi connectivity index (χ1n) is 0.698. The minimum absolute atomic E-state index is 0. The Morgan fingerprint density at radius 3 is 1.00 bits per heavy atom. The molecule has 0 spiro atoms. The van der Waals surface area contributed by atoms with E-state index in [4.69, 9.17) is 17.5 Å². The van der Waals surface area contributed by atoms with Crippen molar-refractivity contribution in [2.75, 3.05) is 0 Å². The van der Waals surface area contributed by atoms with E-state index >= 15 is 0 Å². The Hall–Kier alpha value is 1.17. The molecule has 0 saturated heterocycles. The summed E-state index contributed by atoms with van der Waals surface area (Å²) in [5.41, 5.74) is 0. The maximum atomic E-state index is 8.74. The quantitative estimate of drug-likeness (QED) is 0.584. The molecule has 0 unspecified atom stereocenters. The molecule has 0 bridgehead atoms. The molecule has 0 atom stereocenters.